The Hall–Kier alpha value is -1.47. The lowest BCUT2D eigenvalue weighted by molar-refractivity contribution is 0.0747. The van der Waals surface area contributed by atoms with E-state index in [2.05, 4.69) is 20.1 Å². The molecule has 0 saturated carbocycles. The molecule has 1 amide bonds. The van der Waals surface area contributed by atoms with Crippen LogP contribution in [0.15, 0.2) is 0 Å². The molecule has 1 aliphatic heterocycles. The van der Waals surface area contributed by atoms with E-state index in [4.69, 9.17) is 4.74 Å². The molecule has 0 radical (unpaired) electrons. The topological polar surface area (TPSA) is 74.3 Å². The smallest absolute Gasteiger partial charge is 0.293 e. The summed E-state index contributed by atoms with van der Waals surface area (Å²) in [6.07, 6.45) is 0.971. The third kappa shape index (κ3) is 3.74. The van der Waals surface area contributed by atoms with Crippen LogP contribution in [0.2, 0.25) is 0 Å². The van der Waals surface area contributed by atoms with Crippen LogP contribution in [-0.2, 0) is 4.74 Å². The Bertz CT molecular complexity index is 420. The quantitative estimate of drug-likeness (QED) is 0.825. The van der Waals surface area contributed by atoms with Gasteiger partial charge in [0.25, 0.3) is 5.91 Å². The minimum Gasteiger partial charge on any atom is -0.383 e. The number of aromatic nitrogens is 3. The van der Waals surface area contributed by atoms with E-state index in [1.807, 2.05) is 4.90 Å². The molecule has 2 heterocycles. The van der Waals surface area contributed by atoms with E-state index in [1.165, 1.54) is 0 Å². The molecular weight excluding hydrogens is 246 g/mol. The first-order chi connectivity index (χ1) is 9.20. The lowest BCUT2D eigenvalue weighted by atomic mass is 10.3. The van der Waals surface area contributed by atoms with Crippen LogP contribution in [0.4, 0.5) is 0 Å². The number of nitrogens with zero attached hydrogens (tertiary/aromatic N) is 4. The summed E-state index contributed by atoms with van der Waals surface area (Å²) in [6.45, 7) is 6.79. The summed E-state index contributed by atoms with van der Waals surface area (Å²) in [5, 5.41) is 6.63. The van der Waals surface area contributed by atoms with Crippen molar-refractivity contribution < 1.29 is 9.53 Å². The number of hydrogen-bond acceptors (Lipinski definition) is 5. The fourth-order valence-corrected chi connectivity index (χ4v) is 2.20. The SMILES string of the molecule is COCCN1CCCN(C(=O)c2n[nH]c(C)n2)CC1. The average Bonchev–Trinajstić information content (AvgIpc) is 2.71. The molecule has 1 saturated heterocycles. The van der Waals surface area contributed by atoms with Crippen molar-refractivity contribution in [3.8, 4) is 0 Å². The van der Waals surface area contributed by atoms with Gasteiger partial charge in [-0.3, -0.25) is 14.8 Å². The molecule has 1 aromatic rings. The van der Waals surface area contributed by atoms with Gasteiger partial charge >= 0.3 is 0 Å². The van der Waals surface area contributed by atoms with Crippen molar-refractivity contribution in [2.24, 2.45) is 0 Å². The summed E-state index contributed by atoms with van der Waals surface area (Å²) in [6, 6.07) is 0. The van der Waals surface area contributed by atoms with E-state index in [-0.39, 0.29) is 11.7 Å². The molecule has 0 spiro atoms. The van der Waals surface area contributed by atoms with Crippen molar-refractivity contribution in [2.45, 2.75) is 13.3 Å². The van der Waals surface area contributed by atoms with E-state index in [0.717, 1.165) is 45.8 Å². The summed E-state index contributed by atoms with van der Waals surface area (Å²) < 4.78 is 5.09. The molecule has 1 N–H and O–H groups in total. The molecule has 0 aromatic carbocycles. The second-order valence-corrected chi connectivity index (χ2v) is 4.72. The largest absolute Gasteiger partial charge is 0.383 e. The van der Waals surface area contributed by atoms with Gasteiger partial charge < -0.3 is 9.64 Å². The van der Waals surface area contributed by atoms with Crippen molar-refractivity contribution in [3.05, 3.63) is 11.6 Å². The maximum atomic E-state index is 12.2. The van der Waals surface area contributed by atoms with E-state index < -0.39 is 0 Å². The van der Waals surface area contributed by atoms with Gasteiger partial charge in [0.2, 0.25) is 5.82 Å². The molecule has 7 nitrogen and oxygen atoms in total. The molecule has 1 fully saturated rings. The van der Waals surface area contributed by atoms with E-state index in [0.29, 0.717) is 5.82 Å². The Morgan fingerprint density at radius 1 is 1.37 bits per heavy atom. The van der Waals surface area contributed by atoms with Crippen LogP contribution >= 0.6 is 0 Å². The van der Waals surface area contributed by atoms with E-state index >= 15 is 0 Å². The number of amides is 1. The van der Waals surface area contributed by atoms with Gasteiger partial charge in [-0.25, -0.2) is 4.98 Å². The normalized spacial score (nSPS) is 17.5. The zero-order chi connectivity index (χ0) is 13.7. The lowest BCUT2D eigenvalue weighted by Crippen LogP contribution is -2.36. The number of H-pyrrole nitrogens is 1. The number of hydrogen-bond donors (Lipinski definition) is 1. The van der Waals surface area contributed by atoms with Crippen molar-refractivity contribution in [3.63, 3.8) is 0 Å². The molecular formula is C12H21N5O2. The first-order valence-corrected chi connectivity index (χ1v) is 6.60. The van der Waals surface area contributed by atoms with Crippen LogP contribution in [0.5, 0.6) is 0 Å². The fourth-order valence-electron chi connectivity index (χ4n) is 2.20. The predicted molar refractivity (Wildman–Crippen MR) is 70.0 cm³/mol. The van der Waals surface area contributed by atoms with Crippen LogP contribution in [-0.4, -0.2) is 77.3 Å². The summed E-state index contributed by atoms with van der Waals surface area (Å²) in [5.41, 5.74) is 0. The second kappa shape index (κ2) is 6.63. The summed E-state index contributed by atoms with van der Waals surface area (Å²) in [5.74, 6) is 0.848. The number of ether oxygens (including phenoxy) is 1. The number of carbonyl (C=O) groups is 1. The zero-order valence-electron chi connectivity index (χ0n) is 11.6. The van der Waals surface area contributed by atoms with Gasteiger partial charge in [-0.2, -0.15) is 0 Å². The van der Waals surface area contributed by atoms with Crippen molar-refractivity contribution >= 4 is 5.91 Å². The van der Waals surface area contributed by atoms with Gasteiger partial charge in [-0.1, -0.05) is 0 Å². The molecule has 1 aliphatic rings. The standard InChI is InChI=1S/C12H21N5O2/c1-10-13-11(15-14-10)12(18)17-5-3-4-16(6-7-17)8-9-19-2/h3-9H2,1-2H3,(H,13,14,15). The highest BCUT2D eigenvalue weighted by atomic mass is 16.5. The van der Waals surface area contributed by atoms with E-state index in [1.54, 1.807) is 14.0 Å². The molecule has 106 valence electrons. The molecule has 0 aliphatic carbocycles. The molecule has 7 heteroatoms. The Labute approximate surface area is 112 Å². The maximum absolute atomic E-state index is 12.2. The number of aryl methyl sites for hydroxylation is 1. The number of nitrogens with one attached hydrogen (secondary N) is 1. The molecule has 0 unspecified atom stereocenters. The maximum Gasteiger partial charge on any atom is 0.293 e. The minimum absolute atomic E-state index is 0.0852. The molecule has 0 bridgehead atoms. The van der Waals surface area contributed by atoms with Crippen molar-refractivity contribution in [1.29, 1.82) is 0 Å². The van der Waals surface area contributed by atoms with Gasteiger partial charge in [-0.15, -0.1) is 5.10 Å². The fraction of sp³-hybridized carbons (Fsp3) is 0.750. The van der Waals surface area contributed by atoms with Gasteiger partial charge in [0.15, 0.2) is 0 Å². The first kappa shape index (κ1) is 14.0. The van der Waals surface area contributed by atoms with Gasteiger partial charge in [-0.05, 0) is 19.9 Å². The zero-order valence-corrected chi connectivity index (χ0v) is 11.6. The van der Waals surface area contributed by atoms with Gasteiger partial charge in [0, 0.05) is 33.3 Å². The number of rotatable bonds is 4. The van der Waals surface area contributed by atoms with Gasteiger partial charge in [0.1, 0.15) is 5.82 Å². The van der Waals surface area contributed by atoms with Gasteiger partial charge in [0.05, 0.1) is 6.61 Å². The molecule has 1 aromatic heterocycles. The van der Waals surface area contributed by atoms with Crippen LogP contribution < -0.4 is 0 Å². The number of methoxy groups -OCH3 is 1. The summed E-state index contributed by atoms with van der Waals surface area (Å²) >= 11 is 0. The highest BCUT2D eigenvalue weighted by molar-refractivity contribution is 5.90. The van der Waals surface area contributed by atoms with Crippen LogP contribution in [0.25, 0.3) is 0 Å². The number of carbonyl (C=O) groups excluding carboxylic acids is 1. The average molecular weight is 267 g/mol. The summed E-state index contributed by atoms with van der Waals surface area (Å²) in [7, 11) is 1.71. The Morgan fingerprint density at radius 3 is 2.89 bits per heavy atom. The highest BCUT2D eigenvalue weighted by Gasteiger charge is 2.22. The Balaban J connectivity index is 1.90. The molecule has 19 heavy (non-hydrogen) atoms. The van der Waals surface area contributed by atoms with Crippen LogP contribution in [0.3, 0.4) is 0 Å². The third-order valence-electron chi connectivity index (χ3n) is 3.28. The molecule has 2 rings (SSSR count). The van der Waals surface area contributed by atoms with E-state index in [9.17, 15) is 4.79 Å². The second-order valence-electron chi connectivity index (χ2n) is 4.72. The lowest BCUT2D eigenvalue weighted by Gasteiger charge is -2.20. The minimum atomic E-state index is -0.0852. The predicted octanol–water partition coefficient (Wildman–Crippen LogP) is -0.0926. The highest BCUT2D eigenvalue weighted by Crippen LogP contribution is 2.06. The van der Waals surface area contributed by atoms with Crippen LogP contribution in [0, 0.1) is 6.92 Å². The summed E-state index contributed by atoms with van der Waals surface area (Å²) in [4.78, 5) is 20.5. The van der Waals surface area contributed by atoms with Crippen molar-refractivity contribution in [2.75, 3.05) is 46.4 Å². The Kier molecular flexibility index (Phi) is 4.86. The number of aromatic amines is 1. The first-order valence-electron chi connectivity index (χ1n) is 6.60. The third-order valence-corrected chi connectivity index (χ3v) is 3.28. The molecule has 0 atom stereocenters. The monoisotopic (exact) mass is 267 g/mol. The van der Waals surface area contributed by atoms with Crippen LogP contribution in [0.1, 0.15) is 22.9 Å². The van der Waals surface area contributed by atoms with Crippen molar-refractivity contribution in [1.82, 2.24) is 25.0 Å². The Morgan fingerprint density at radius 2 is 2.21 bits per heavy atom.